The van der Waals surface area contributed by atoms with Gasteiger partial charge in [0, 0.05) is 18.7 Å². The SMILES string of the molecule is Cc1nn(CCC#N)c(C)c1CCC(=O)N1CCO[C@@H]2CCCC[C@H]21. The molecule has 6 nitrogen and oxygen atoms in total. The molecule has 1 aromatic heterocycles. The van der Waals surface area contributed by atoms with Gasteiger partial charge in [-0.3, -0.25) is 9.48 Å². The second-order valence-corrected chi connectivity index (χ2v) is 7.13. The van der Waals surface area contributed by atoms with Gasteiger partial charge in [0.15, 0.2) is 0 Å². The quantitative estimate of drug-likeness (QED) is 0.823. The van der Waals surface area contributed by atoms with Crippen LogP contribution >= 0.6 is 0 Å². The van der Waals surface area contributed by atoms with Gasteiger partial charge in [0.25, 0.3) is 0 Å². The Balaban J connectivity index is 1.62. The maximum absolute atomic E-state index is 12.8. The molecule has 1 saturated carbocycles. The van der Waals surface area contributed by atoms with Gasteiger partial charge in [0.05, 0.1) is 43.5 Å². The molecule has 0 aromatic carbocycles. The lowest BCUT2D eigenvalue weighted by Gasteiger charge is -2.43. The Kier molecular flexibility index (Phi) is 5.74. The monoisotopic (exact) mass is 344 g/mol. The molecule has 136 valence electrons. The highest BCUT2D eigenvalue weighted by molar-refractivity contribution is 5.77. The number of ether oxygens (including phenoxy) is 1. The maximum atomic E-state index is 12.8. The van der Waals surface area contributed by atoms with Crippen molar-refractivity contribution in [2.24, 2.45) is 0 Å². The summed E-state index contributed by atoms with van der Waals surface area (Å²) < 4.78 is 7.76. The van der Waals surface area contributed by atoms with E-state index in [1.54, 1.807) is 0 Å². The van der Waals surface area contributed by atoms with E-state index in [2.05, 4.69) is 16.1 Å². The fourth-order valence-corrected chi connectivity index (χ4v) is 4.25. The highest BCUT2D eigenvalue weighted by atomic mass is 16.5. The van der Waals surface area contributed by atoms with Crippen LogP contribution in [0, 0.1) is 25.2 Å². The normalized spacial score (nSPS) is 23.2. The topological polar surface area (TPSA) is 71.2 Å². The van der Waals surface area contributed by atoms with Gasteiger partial charge in [0.1, 0.15) is 0 Å². The lowest BCUT2D eigenvalue weighted by atomic mass is 9.90. The van der Waals surface area contributed by atoms with Gasteiger partial charge in [-0.2, -0.15) is 10.4 Å². The molecule has 1 saturated heterocycles. The van der Waals surface area contributed by atoms with Gasteiger partial charge in [-0.25, -0.2) is 0 Å². The van der Waals surface area contributed by atoms with Gasteiger partial charge in [0.2, 0.25) is 5.91 Å². The van der Waals surface area contributed by atoms with Crippen molar-refractivity contribution in [3.05, 3.63) is 17.0 Å². The summed E-state index contributed by atoms with van der Waals surface area (Å²) in [5.74, 6) is 0.240. The molecule has 1 amide bonds. The number of carbonyl (C=O) groups is 1. The summed E-state index contributed by atoms with van der Waals surface area (Å²) in [6, 6.07) is 2.43. The molecular weight excluding hydrogens is 316 g/mol. The summed E-state index contributed by atoms with van der Waals surface area (Å²) in [6.07, 6.45) is 6.49. The predicted octanol–water partition coefficient (Wildman–Crippen LogP) is 2.52. The van der Waals surface area contributed by atoms with E-state index in [1.807, 2.05) is 18.5 Å². The highest BCUT2D eigenvalue weighted by Crippen LogP contribution is 2.29. The van der Waals surface area contributed by atoms with Crippen molar-refractivity contribution in [3.8, 4) is 6.07 Å². The molecule has 2 aliphatic rings. The van der Waals surface area contributed by atoms with E-state index >= 15 is 0 Å². The summed E-state index contributed by atoms with van der Waals surface area (Å²) in [5.41, 5.74) is 3.21. The van der Waals surface area contributed by atoms with Gasteiger partial charge < -0.3 is 9.64 Å². The number of hydrogen-bond donors (Lipinski definition) is 0. The van der Waals surface area contributed by atoms with Gasteiger partial charge in [-0.05, 0) is 38.7 Å². The molecule has 1 aliphatic carbocycles. The molecule has 0 radical (unpaired) electrons. The fraction of sp³-hybridized carbons (Fsp3) is 0.737. The van der Waals surface area contributed by atoms with Crippen LogP contribution in [-0.2, 0) is 22.5 Å². The Labute approximate surface area is 149 Å². The Morgan fingerprint density at radius 3 is 2.96 bits per heavy atom. The van der Waals surface area contributed by atoms with E-state index in [0.29, 0.717) is 26.0 Å². The fourth-order valence-electron chi connectivity index (χ4n) is 4.25. The minimum atomic E-state index is 0.239. The van der Waals surface area contributed by atoms with Crippen LogP contribution in [0.25, 0.3) is 0 Å². The Hall–Kier alpha value is -1.87. The van der Waals surface area contributed by atoms with Crippen molar-refractivity contribution in [1.82, 2.24) is 14.7 Å². The molecule has 25 heavy (non-hydrogen) atoms. The van der Waals surface area contributed by atoms with Crippen LogP contribution in [0.3, 0.4) is 0 Å². The third-order valence-corrected chi connectivity index (χ3v) is 5.61. The van der Waals surface area contributed by atoms with Crippen LogP contribution in [0.1, 0.15) is 55.5 Å². The average molecular weight is 344 g/mol. The Morgan fingerprint density at radius 2 is 2.16 bits per heavy atom. The number of carbonyl (C=O) groups excluding carboxylic acids is 1. The summed E-state index contributed by atoms with van der Waals surface area (Å²) in [4.78, 5) is 14.9. The number of fused-ring (bicyclic) bond motifs is 1. The van der Waals surface area contributed by atoms with Gasteiger partial charge >= 0.3 is 0 Å². The second kappa shape index (κ2) is 8.01. The Morgan fingerprint density at radius 1 is 1.36 bits per heavy atom. The molecule has 2 fully saturated rings. The van der Waals surface area contributed by atoms with E-state index < -0.39 is 0 Å². The van der Waals surface area contributed by atoms with Gasteiger partial charge in [-0.15, -0.1) is 0 Å². The molecule has 1 aromatic rings. The number of hydrogen-bond acceptors (Lipinski definition) is 4. The van der Waals surface area contributed by atoms with E-state index in [4.69, 9.17) is 10.00 Å². The zero-order valence-electron chi connectivity index (χ0n) is 15.3. The van der Waals surface area contributed by atoms with Crippen molar-refractivity contribution >= 4 is 5.91 Å². The zero-order valence-corrected chi connectivity index (χ0v) is 15.3. The molecule has 2 heterocycles. The summed E-state index contributed by atoms with van der Waals surface area (Å²) in [7, 11) is 0. The lowest BCUT2D eigenvalue weighted by molar-refractivity contribution is -0.149. The van der Waals surface area contributed by atoms with E-state index in [0.717, 1.165) is 42.8 Å². The van der Waals surface area contributed by atoms with Crippen LogP contribution < -0.4 is 0 Å². The first-order valence-corrected chi connectivity index (χ1v) is 9.42. The molecule has 0 bridgehead atoms. The molecule has 0 spiro atoms. The van der Waals surface area contributed by atoms with Crippen LogP contribution in [0.2, 0.25) is 0 Å². The van der Waals surface area contributed by atoms with Crippen molar-refractivity contribution in [3.63, 3.8) is 0 Å². The third-order valence-electron chi connectivity index (χ3n) is 5.61. The molecule has 3 rings (SSSR count). The highest BCUT2D eigenvalue weighted by Gasteiger charge is 2.36. The average Bonchev–Trinajstić information content (AvgIpc) is 2.90. The van der Waals surface area contributed by atoms with E-state index in [9.17, 15) is 4.79 Å². The zero-order chi connectivity index (χ0) is 17.8. The second-order valence-electron chi connectivity index (χ2n) is 7.13. The largest absolute Gasteiger partial charge is 0.374 e. The standard InChI is InChI=1S/C19H28N4O2/c1-14-16(15(2)23(21-14)11-5-10-20)8-9-19(24)22-12-13-25-18-7-4-3-6-17(18)22/h17-18H,3-9,11-13H2,1-2H3/t17-,18-/m1/s1. The third kappa shape index (κ3) is 3.87. The molecule has 0 N–H and O–H groups in total. The Bertz CT molecular complexity index is 659. The lowest BCUT2D eigenvalue weighted by Crippen LogP contribution is -2.54. The van der Waals surface area contributed by atoms with Crippen LogP contribution in [0.15, 0.2) is 0 Å². The van der Waals surface area contributed by atoms with Crippen molar-refractivity contribution in [2.75, 3.05) is 13.2 Å². The van der Waals surface area contributed by atoms with Crippen LogP contribution in [0.4, 0.5) is 0 Å². The number of morpholine rings is 1. The van der Waals surface area contributed by atoms with Crippen molar-refractivity contribution < 1.29 is 9.53 Å². The number of nitrogens with zero attached hydrogens (tertiary/aromatic N) is 4. The number of aromatic nitrogens is 2. The smallest absolute Gasteiger partial charge is 0.223 e. The first-order valence-electron chi connectivity index (χ1n) is 9.42. The minimum absolute atomic E-state index is 0.239. The van der Waals surface area contributed by atoms with Crippen LogP contribution in [0.5, 0.6) is 0 Å². The number of amides is 1. The number of nitriles is 1. The van der Waals surface area contributed by atoms with Gasteiger partial charge in [-0.1, -0.05) is 12.8 Å². The van der Waals surface area contributed by atoms with E-state index in [-0.39, 0.29) is 18.1 Å². The first kappa shape index (κ1) is 17.9. The van der Waals surface area contributed by atoms with Crippen LogP contribution in [-0.4, -0.2) is 45.9 Å². The molecular formula is C19H28N4O2. The summed E-state index contributed by atoms with van der Waals surface area (Å²) in [6.45, 7) is 6.02. The summed E-state index contributed by atoms with van der Waals surface area (Å²) in [5, 5.41) is 13.3. The minimum Gasteiger partial charge on any atom is -0.374 e. The number of aryl methyl sites for hydroxylation is 2. The number of rotatable bonds is 5. The predicted molar refractivity (Wildman–Crippen MR) is 94.0 cm³/mol. The maximum Gasteiger partial charge on any atom is 0.223 e. The molecule has 6 heteroatoms. The molecule has 1 aliphatic heterocycles. The molecule has 0 unspecified atom stereocenters. The van der Waals surface area contributed by atoms with Crippen molar-refractivity contribution in [2.45, 2.75) is 77.5 Å². The first-order chi connectivity index (χ1) is 12.1. The van der Waals surface area contributed by atoms with Crippen molar-refractivity contribution in [1.29, 1.82) is 5.26 Å². The molecule has 2 atom stereocenters. The summed E-state index contributed by atoms with van der Waals surface area (Å²) >= 11 is 0. The van der Waals surface area contributed by atoms with E-state index in [1.165, 1.54) is 12.8 Å².